The number of hydrogen-bond donors (Lipinski definition) is 2. The molecule has 31 heavy (non-hydrogen) atoms. The Morgan fingerprint density at radius 3 is 2.42 bits per heavy atom. The molecule has 4 amide bonds. The molecule has 0 aliphatic carbocycles. The van der Waals surface area contributed by atoms with Gasteiger partial charge in [-0.15, -0.1) is 0 Å². The second-order valence-corrected chi connectivity index (χ2v) is 7.39. The maximum atomic E-state index is 13.5. The number of carbonyl (C=O) groups is 4. The first-order valence-electron chi connectivity index (χ1n) is 9.15. The summed E-state index contributed by atoms with van der Waals surface area (Å²) < 4.78 is 26.5. The maximum Gasteiger partial charge on any atom is 0.293 e. The lowest BCUT2D eigenvalue weighted by Crippen LogP contribution is -2.41. The SMILES string of the molecule is O=C(CNC(=O)c1ccccc1F)NCCN1C(=O)SC(=Cc2ccc(F)cc2)C1=O. The average molecular weight is 445 g/mol. The van der Waals surface area contributed by atoms with Gasteiger partial charge in [0.05, 0.1) is 17.0 Å². The first-order valence-corrected chi connectivity index (χ1v) is 9.97. The van der Waals surface area contributed by atoms with E-state index in [0.717, 1.165) is 22.7 Å². The lowest BCUT2D eigenvalue weighted by atomic mass is 10.2. The van der Waals surface area contributed by atoms with Gasteiger partial charge in [0.1, 0.15) is 11.6 Å². The Kier molecular flexibility index (Phi) is 7.14. The van der Waals surface area contributed by atoms with Gasteiger partial charge in [0, 0.05) is 13.1 Å². The van der Waals surface area contributed by atoms with Crippen molar-refractivity contribution in [3.8, 4) is 0 Å². The molecule has 160 valence electrons. The van der Waals surface area contributed by atoms with Crippen molar-refractivity contribution in [3.05, 3.63) is 76.2 Å². The third kappa shape index (κ3) is 5.76. The van der Waals surface area contributed by atoms with Crippen molar-refractivity contribution in [3.63, 3.8) is 0 Å². The van der Waals surface area contributed by atoms with E-state index < -0.39 is 34.6 Å². The van der Waals surface area contributed by atoms with Gasteiger partial charge in [-0.25, -0.2) is 8.78 Å². The highest BCUT2D eigenvalue weighted by Crippen LogP contribution is 2.31. The molecule has 2 aromatic carbocycles. The molecule has 2 N–H and O–H groups in total. The van der Waals surface area contributed by atoms with Crippen LogP contribution >= 0.6 is 11.8 Å². The lowest BCUT2D eigenvalue weighted by Gasteiger charge is -2.13. The summed E-state index contributed by atoms with van der Waals surface area (Å²) in [6, 6.07) is 10.8. The van der Waals surface area contributed by atoms with Crippen molar-refractivity contribution < 1.29 is 28.0 Å². The molecule has 0 atom stereocenters. The number of benzene rings is 2. The summed E-state index contributed by atoms with van der Waals surface area (Å²) in [4.78, 5) is 49.4. The second kappa shape index (κ2) is 9.98. The molecule has 0 aromatic heterocycles. The number of thioether (sulfide) groups is 1. The summed E-state index contributed by atoms with van der Waals surface area (Å²) >= 11 is 0.752. The molecule has 1 saturated heterocycles. The Morgan fingerprint density at radius 1 is 1.00 bits per heavy atom. The van der Waals surface area contributed by atoms with Gasteiger partial charge in [0.2, 0.25) is 5.91 Å². The van der Waals surface area contributed by atoms with Crippen LogP contribution in [0.15, 0.2) is 53.4 Å². The van der Waals surface area contributed by atoms with Crippen molar-refractivity contribution in [2.75, 3.05) is 19.6 Å². The van der Waals surface area contributed by atoms with Crippen molar-refractivity contribution >= 4 is 40.8 Å². The zero-order valence-corrected chi connectivity index (χ0v) is 16.9. The quantitative estimate of drug-likeness (QED) is 0.639. The van der Waals surface area contributed by atoms with E-state index >= 15 is 0 Å². The minimum absolute atomic E-state index is 0.0176. The first-order chi connectivity index (χ1) is 14.8. The fourth-order valence-electron chi connectivity index (χ4n) is 2.67. The highest BCUT2D eigenvalue weighted by molar-refractivity contribution is 8.18. The van der Waals surface area contributed by atoms with Crippen LogP contribution in [0.5, 0.6) is 0 Å². The highest BCUT2D eigenvalue weighted by atomic mass is 32.2. The van der Waals surface area contributed by atoms with Crippen molar-refractivity contribution in [1.82, 2.24) is 15.5 Å². The van der Waals surface area contributed by atoms with Crippen molar-refractivity contribution in [2.45, 2.75) is 0 Å². The smallest absolute Gasteiger partial charge is 0.293 e. The molecule has 1 heterocycles. The van der Waals surface area contributed by atoms with E-state index in [1.54, 1.807) is 0 Å². The Balaban J connectivity index is 1.46. The Morgan fingerprint density at radius 2 is 1.71 bits per heavy atom. The standard InChI is InChI=1S/C21H17F2N3O4S/c22-14-7-5-13(6-8-14)11-17-20(29)26(21(30)31-17)10-9-24-18(27)12-25-19(28)15-3-1-2-4-16(15)23/h1-8,11H,9-10,12H2,(H,24,27)(H,25,28). The van der Waals surface area contributed by atoms with E-state index in [0.29, 0.717) is 5.56 Å². The number of rotatable bonds is 7. The number of nitrogens with one attached hydrogen (secondary N) is 2. The molecule has 0 unspecified atom stereocenters. The van der Waals surface area contributed by atoms with Gasteiger partial charge in [-0.3, -0.25) is 24.1 Å². The molecule has 7 nitrogen and oxygen atoms in total. The molecular formula is C21H17F2N3O4S. The summed E-state index contributed by atoms with van der Waals surface area (Å²) in [6.45, 7) is -0.464. The topological polar surface area (TPSA) is 95.6 Å². The average Bonchev–Trinajstić information content (AvgIpc) is 3.01. The van der Waals surface area contributed by atoms with Crippen LogP contribution in [-0.2, 0) is 9.59 Å². The largest absolute Gasteiger partial charge is 0.353 e. The summed E-state index contributed by atoms with van der Waals surface area (Å²) in [5.74, 6) is -2.91. The minimum Gasteiger partial charge on any atom is -0.353 e. The van der Waals surface area contributed by atoms with Crippen LogP contribution < -0.4 is 10.6 Å². The third-order valence-corrected chi connectivity index (χ3v) is 5.13. The molecule has 0 saturated carbocycles. The van der Waals surface area contributed by atoms with Gasteiger partial charge in [0.15, 0.2) is 0 Å². The Hall–Kier alpha value is -3.53. The summed E-state index contributed by atoms with van der Waals surface area (Å²) in [7, 11) is 0. The van der Waals surface area contributed by atoms with Crippen molar-refractivity contribution in [2.24, 2.45) is 0 Å². The van der Waals surface area contributed by atoms with E-state index in [-0.39, 0.29) is 30.1 Å². The predicted octanol–water partition coefficient (Wildman–Crippen LogP) is 2.55. The molecule has 10 heteroatoms. The van der Waals surface area contributed by atoms with Crippen LogP contribution in [0.2, 0.25) is 0 Å². The number of carbonyl (C=O) groups excluding carboxylic acids is 4. The van der Waals surface area contributed by atoms with Crippen LogP contribution in [0, 0.1) is 11.6 Å². The van der Waals surface area contributed by atoms with E-state index in [1.165, 1.54) is 48.5 Å². The van der Waals surface area contributed by atoms with Crippen LogP contribution in [0.4, 0.5) is 13.6 Å². The molecule has 1 aliphatic heterocycles. The molecule has 3 rings (SSSR count). The predicted molar refractivity (Wildman–Crippen MR) is 111 cm³/mol. The highest BCUT2D eigenvalue weighted by Gasteiger charge is 2.34. The minimum atomic E-state index is -0.731. The van der Waals surface area contributed by atoms with E-state index in [9.17, 15) is 28.0 Å². The number of halogens is 2. The van der Waals surface area contributed by atoms with Gasteiger partial charge >= 0.3 is 0 Å². The summed E-state index contributed by atoms with van der Waals surface area (Å²) in [5, 5.41) is 4.29. The van der Waals surface area contributed by atoms with E-state index in [2.05, 4.69) is 10.6 Å². The van der Waals surface area contributed by atoms with Crippen LogP contribution in [0.25, 0.3) is 6.08 Å². The van der Waals surface area contributed by atoms with Gasteiger partial charge in [0.25, 0.3) is 17.1 Å². The molecule has 0 radical (unpaired) electrons. The van der Waals surface area contributed by atoms with Gasteiger partial charge < -0.3 is 10.6 Å². The fourth-order valence-corrected chi connectivity index (χ4v) is 3.54. The fraction of sp³-hybridized carbons (Fsp3) is 0.143. The third-order valence-electron chi connectivity index (χ3n) is 4.23. The number of nitrogens with zero attached hydrogens (tertiary/aromatic N) is 1. The molecule has 0 bridgehead atoms. The lowest BCUT2D eigenvalue weighted by molar-refractivity contribution is -0.124. The van der Waals surface area contributed by atoms with Gasteiger partial charge in [-0.1, -0.05) is 24.3 Å². The molecule has 1 aliphatic rings. The van der Waals surface area contributed by atoms with Crippen LogP contribution in [-0.4, -0.2) is 47.5 Å². The summed E-state index contributed by atoms with van der Waals surface area (Å²) in [5.41, 5.74) is 0.395. The Labute approximate surface area is 180 Å². The van der Waals surface area contributed by atoms with Gasteiger partial charge in [-0.05, 0) is 47.7 Å². The van der Waals surface area contributed by atoms with E-state index in [1.807, 2.05) is 0 Å². The molecular weight excluding hydrogens is 428 g/mol. The van der Waals surface area contributed by atoms with Gasteiger partial charge in [-0.2, -0.15) is 0 Å². The number of amides is 4. The maximum absolute atomic E-state index is 13.5. The number of hydrogen-bond acceptors (Lipinski definition) is 5. The Bertz CT molecular complexity index is 1060. The van der Waals surface area contributed by atoms with Crippen molar-refractivity contribution in [1.29, 1.82) is 0 Å². The summed E-state index contributed by atoms with van der Waals surface area (Å²) in [6.07, 6.45) is 1.49. The van der Waals surface area contributed by atoms with Crippen LogP contribution in [0.3, 0.4) is 0 Å². The molecule has 2 aromatic rings. The zero-order chi connectivity index (χ0) is 22.4. The molecule has 1 fully saturated rings. The number of imide groups is 1. The normalized spacial score (nSPS) is 14.8. The monoisotopic (exact) mass is 445 g/mol. The molecule has 0 spiro atoms. The van der Waals surface area contributed by atoms with Crippen LogP contribution in [0.1, 0.15) is 15.9 Å². The zero-order valence-electron chi connectivity index (χ0n) is 16.1. The second-order valence-electron chi connectivity index (χ2n) is 6.40. The first kappa shape index (κ1) is 22.2. The van der Waals surface area contributed by atoms with E-state index in [4.69, 9.17) is 0 Å².